The summed E-state index contributed by atoms with van der Waals surface area (Å²) in [7, 11) is 0. The number of amides is 2. The zero-order valence-corrected chi connectivity index (χ0v) is 14.2. The third kappa shape index (κ3) is 5.76. The van der Waals surface area contributed by atoms with Crippen molar-refractivity contribution in [2.45, 2.75) is 26.7 Å². The summed E-state index contributed by atoms with van der Waals surface area (Å²) in [5.74, 6) is -0.525. The highest BCUT2D eigenvalue weighted by molar-refractivity contribution is 5.94. The van der Waals surface area contributed by atoms with E-state index in [-0.39, 0.29) is 30.4 Å². The largest absolute Gasteiger partial charge is 0.507 e. The first kappa shape index (κ1) is 18.2. The lowest BCUT2D eigenvalue weighted by atomic mass is 10.1. The van der Waals surface area contributed by atoms with Gasteiger partial charge in [-0.05, 0) is 37.6 Å². The number of benzene rings is 2. The Morgan fingerprint density at radius 3 is 2.52 bits per heavy atom. The first-order valence-corrected chi connectivity index (χ1v) is 7.92. The highest BCUT2D eigenvalue weighted by Crippen LogP contribution is 2.16. The van der Waals surface area contributed by atoms with Gasteiger partial charge in [0.25, 0.3) is 0 Å². The third-order valence-corrected chi connectivity index (χ3v) is 3.56. The molecule has 0 saturated heterocycles. The number of hydrogen-bond donors (Lipinski definition) is 3. The van der Waals surface area contributed by atoms with Crippen LogP contribution >= 0.6 is 0 Å². The zero-order valence-electron chi connectivity index (χ0n) is 14.2. The number of rotatable bonds is 6. The van der Waals surface area contributed by atoms with Crippen LogP contribution in [0.3, 0.4) is 0 Å². The van der Waals surface area contributed by atoms with Crippen molar-refractivity contribution in [3.05, 3.63) is 59.2 Å². The van der Waals surface area contributed by atoms with E-state index in [1.807, 2.05) is 32.0 Å². The fraction of sp³-hybridized carbons (Fsp3) is 0.211. The maximum atomic E-state index is 11.9. The second kappa shape index (κ2) is 8.63. The zero-order chi connectivity index (χ0) is 18.2. The van der Waals surface area contributed by atoms with Gasteiger partial charge < -0.3 is 10.4 Å². The summed E-state index contributed by atoms with van der Waals surface area (Å²) in [6, 6.07) is 12.4. The minimum atomic E-state index is -0.373. The van der Waals surface area contributed by atoms with E-state index in [4.69, 9.17) is 0 Å². The van der Waals surface area contributed by atoms with Crippen molar-refractivity contribution in [3.63, 3.8) is 0 Å². The van der Waals surface area contributed by atoms with Crippen molar-refractivity contribution in [2.24, 2.45) is 5.10 Å². The minimum Gasteiger partial charge on any atom is -0.507 e. The van der Waals surface area contributed by atoms with E-state index in [0.29, 0.717) is 5.56 Å². The van der Waals surface area contributed by atoms with E-state index >= 15 is 0 Å². The Morgan fingerprint density at radius 1 is 1.08 bits per heavy atom. The molecule has 0 spiro atoms. The number of anilines is 1. The van der Waals surface area contributed by atoms with Crippen LogP contribution in [-0.4, -0.2) is 23.1 Å². The van der Waals surface area contributed by atoms with Crippen molar-refractivity contribution in [1.82, 2.24) is 5.43 Å². The SMILES string of the molecule is Cc1ccc(NC(=O)CCC(=O)NN=Cc2ccccc2O)c(C)c1. The smallest absolute Gasteiger partial charge is 0.240 e. The molecule has 0 saturated carbocycles. The predicted octanol–water partition coefficient (Wildman–Crippen LogP) is 2.88. The van der Waals surface area contributed by atoms with Gasteiger partial charge in [0.1, 0.15) is 5.75 Å². The van der Waals surface area contributed by atoms with Gasteiger partial charge in [0.2, 0.25) is 11.8 Å². The number of phenols is 1. The van der Waals surface area contributed by atoms with E-state index in [0.717, 1.165) is 16.8 Å². The monoisotopic (exact) mass is 339 g/mol. The molecule has 0 bridgehead atoms. The van der Waals surface area contributed by atoms with E-state index in [1.54, 1.807) is 18.2 Å². The second-order valence-corrected chi connectivity index (χ2v) is 5.72. The molecule has 0 unspecified atom stereocenters. The van der Waals surface area contributed by atoms with Crippen LogP contribution in [0.4, 0.5) is 5.69 Å². The van der Waals surface area contributed by atoms with Gasteiger partial charge in [0.05, 0.1) is 6.21 Å². The molecule has 25 heavy (non-hydrogen) atoms. The molecule has 0 atom stereocenters. The van der Waals surface area contributed by atoms with Gasteiger partial charge in [-0.1, -0.05) is 29.8 Å². The molecule has 2 aromatic carbocycles. The summed E-state index contributed by atoms with van der Waals surface area (Å²) >= 11 is 0. The molecule has 0 radical (unpaired) electrons. The van der Waals surface area contributed by atoms with Crippen molar-refractivity contribution >= 4 is 23.7 Å². The number of carbonyl (C=O) groups is 2. The lowest BCUT2D eigenvalue weighted by Gasteiger charge is -2.08. The Labute approximate surface area is 146 Å². The molecule has 6 heteroatoms. The first-order valence-electron chi connectivity index (χ1n) is 7.92. The molecule has 3 N–H and O–H groups in total. The lowest BCUT2D eigenvalue weighted by Crippen LogP contribution is -2.20. The number of hydrogen-bond acceptors (Lipinski definition) is 4. The molecule has 0 aliphatic heterocycles. The number of aryl methyl sites for hydroxylation is 2. The first-order chi connectivity index (χ1) is 12.0. The van der Waals surface area contributed by atoms with Crippen LogP contribution in [0.1, 0.15) is 29.5 Å². The third-order valence-electron chi connectivity index (χ3n) is 3.56. The van der Waals surface area contributed by atoms with E-state index in [9.17, 15) is 14.7 Å². The Balaban J connectivity index is 1.77. The molecular formula is C19H21N3O3. The van der Waals surface area contributed by atoms with Crippen molar-refractivity contribution in [3.8, 4) is 5.75 Å². The average molecular weight is 339 g/mol. The fourth-order valence-corrected chi connectivity index (χ4v) is 2.22. The predicted molar refractivity (Wildman–Crippen MR) is 97.6 cm³/mol. The number of nitrogens with one attached hydrogen (secondary N) is 2. The quantitative estimate of drug-likeness (QED) is 0.558. The summed E-state index contributed by atoms with van der Waals surface area (Å²) in [6.45, 7) is 3.90. The van der Waals surface area contributed by atoms with Crippen molar-refractivity contribution < 1.29 is 14.7 Å². The Morgan fingerprint density at radius 2 is 1.80 bits per heavy atom. The highest BCUT2D eigenvalue weighted by Gasteiger charge is 2.08. The normalized spacial score (nSPS) is 10.6. The van der Waals surface area contributed by atoms with Crippen LogP contribution in [-0.2, 0) is 9.59 Å². The van der Waals surface area contributed by atoms with Gasteiger partial charge in [-0.2, -0.15) is 5.10 Å². The maximum absolute atomic E-state index is 11.9. The summed E-state index contributed by atoms with van der Waals surface area (Å²) in [5, 5.41) is 16.1. The Kier molecular flexibility index (Phi) is 6.28. The van der Waals surface area contributed by atoms with Crippen molar-refractivity contribution in [1.29, 1.82) is 0 Å². The Hall–Kier alpha value is -3.15. The molecular weight excluding hydrogens is 318 g/mol. The van der Waals surface area contributed by atoms with E-state index in [1.165, 1.54) is 12.3 Å². The second-order valence-electron chi connectivity index (χ2n) is 5.72. The topological polar surface area (TPSA) is 90.8 Å². The van der Waals surface area contributed by atoms with Gasteiger partial charge in [0.15, 0.2) is 0 Å². The van der Waals surface area contributed by atoms with E-state index in [2.05, 4.69) is 15.8 Å². The molecule has 130 valence electrons. The Bertz CT molecular complexity index is 800. The number of phenolic OH excluding ortho intramolecular Hbond substituents is 1. The fourth-order valence-electron chi connectivity index (χ4n) is 2.22. The van der Waals surface area contributed by atoms with Crippen LogP contribution in [0.15, 0.2) is 47.6 Å². The summed E-state index contributed by atoms with van der Waals surface area (Å²) < 4.78 is 0. The molecule has 0 aliphatic rings. The van der Waals surface area contributed by atoms with E-state index < -0.39 is 0 Å². The van der Waals surface area contributed by atoms with Crippen LogP contribution in [0.25, 0.3) is 0 Å². The summed E-state index contributed by atoms with van der Waals surface area (Å²) in [5.41, 5.74) is 5.67. The maximum Gasteiger partial charge on any atom is 0.240 e. The molecule has 2 amide bonds. The molecule has 6 nitrogen and oxygen atoms in total. The molecule has 0 aromatic heterocycles. The van der Waals surface area contributed by atoms with Crippen LogP contribution < -0.4 is 10.7 Å². The number of hydrazone groups is 1. The molecule has 2 aromatic rings. The summed E-state index contributed by atoms with van der Waals surface area (Å²) in [4.78, 5) is 23.7. The minimum absolute atomic E-state index is 0.0227. The average Bonchev–Trinajstić information content (AvgIpc) is 2.57. The number of carbonyl (C=O) groups excluding carboxylic acids is 2. The van der Waals surface area contributed by atoms with Crippen LogP contribution in [0, 0.1) is 13.8 Å². The molecule has 2 rings (SSSR count). The van der Waals surface area contributed by atoms with Gasteiger partial charge in [-0.25, -0.2) is 5.43 Å². The van der Waals surface area contributed by atoms with Gasteiger partial charge in [-0.15, -0.1) is 0 Å². The number of nitrogens with zero attached hydrogens (tertiary/aromatic N) is 1. The highest BCUT2D eigenvalue weighted by atomic mass is 16.3. The summed E-state index contributed by atoms with van der Waals surface area (Å²) in [6.07, 6.45) is 1.43. The lowest BCUT2D eigenvalue weighted by molar-refractivity contribution is -0.124. The molecule has 0 heterocycles. The van der Waals surface area contributed by atoms with Gasteiger partial charge >= 0.3 is 0 Å². The van der Waals surface area contributed by atoms with Gasteiger partial charge in [-0.3, -0.25) is 9.59 Å². The van der Waals surface area contributed by atoms with Gasteiger partial charge in [0, 0.05) is 24.1 Å². The van der Waals surface area contributed by atoms with Crippen LogP contribution in [0.2, 0.25) is 0 Å². The number of aromatic hydroxyl groups is 1. The molecule has 0 aliphatic carbocycles. The standard InChI is InChI=1S/C19H21N3O3/c1-13-7-8-16(14(2)11-13)21-18(24)9-10-19(25)22-20-12-15-5-3-4-6-17(15)23/h3-8,11-12,23H,9-10H2,1-2H3,(H,21,24)(H,22,25). The number of para-hydroxylation sites is 1. The van der Waals surface area contributed by atoms with Crippen LogP contribution in [0.5, 0.6) is 5.75 Å². The van der Waals surface area contributed by atoms with Crippen molar-refractivity contribution in [2.75, 3.05) is 5.32 Å². The molecule has 0 fully saturated rings.